The number of rotatable bonds is 8. The molecule has 2 N–H and O–H groups in total. The first-order chi connectivity index (χ1) is 6.87. The molecule has 0 aliphatic carbocycles. The number of aliphatic hydroxyl groups is 1. The van der Waals surface area contributed by atoms with E-state index in [-0.39, 0.29) is 31.1 Å². The van der Waals surface area contributed by atoms with Gasteiger partial charge in [-0.2, -0.15) is 0 Å². The van der Waals surface area contributed by atoms with Crippen molar-refractivity contribution in [2.75, 3.05) is 19.0 Å². The molecule has 1 unspecified atom stereocenters. The molecule has 0 fully saturated rings. The predicted molar refractivity (Wildman–Crippen MR) is 59.2 cm³/mol. The highest BCUT2D eigenvalue weighted by atomic mass is 32.2. The summed E-state index contributed by atoms with van der Waals surface area (Å²) in [7, 11) is -3.28. The molecule has 0 aliphatic rings. The second-order valence-corrected chi connectivity index (χ2v) is 5.64. The molecule has 0 spiro atoms. The van der Waals surface area contributed by atoms with E-state index in [0.717, 1.165) is 0 Å². The number of ether oxygens (including phenoxy) is 1. The molecule has 0 radical (unpaired) electrons. The molecule has 1 atom stereocenters. The van der Waals surface area contributed by atoms with E-state index < -0.39 is 10.0 Å². The average Bonchev–Trinajstić information content (AvgIpc) is 2.01. The van der Waals surface area contributed by atoms with Gasteiger partial charge in [0, 0.05) is 12.6 Å². The number of hydrogen-bond acceptors (Lipinski definition) is 4. The Balaban J connectivity index is 3.87. The van der Waals surface area contributed by atoms with Crippen LogP contribution >= 0.6 is 0 Å². The van der Waals surface area contributed by atoms with E-state index in [1.807, 2.05) is 13.8 Å². The number of hydrogen-bond donors (Lipinski definition) is 2. The van der Waals surface area contributed by atoms with E-state index in [0.29, 0.717) is 6.42 Å². The quantitative estimate of drug-likeness (QED) is 0.630. The number of aliphatic hydroxyl groups excluding tert-OH is 1. The van der Waals surface area contributed by atoms with Crippen LogP contribution in [0.2, 0.25) is 0 Å². The summed E-state index contributed by atoms with van der Waals surface area (Å²) in [5, 5.41) is 8.62. The summed E-state index contributed by atoms with van der Waals surface area (Å²) in [6.45, 7) is 5.60. The minimum atomic E-state index is -3.28. The highest BCUT2D eigenvalue weighted by Crippen LogP contribution is 1.95. The largest absolute Gasteiger partial charge is 0.396 e. The van der Waals surface area contributed by atoms with Crippen LogP contribution in [0.5, 0.6) is 0 Å². The van der Waals surface area contributed by atoms with Crippen molar-refractivity contribution in [2.24, 2.45) is 0 Å². The molecule has 5 nitrogen and oxygen atoms in total. The smallest absolute Gasteiger partial charge is 0.214 e. The monoisotopic (exact) mass is 239 g/mol. The fourth-order valence-corrected chi connectivity index (χ4v) is 2.18. The lowest BCUT2D eigenvalue weighted by Gasteiger charge is -2.13. The van der Waals surface area contributed by atoms with E-state index in [9.17, 15) is 8.42 Å². The van der Waals surface area contributed by atoms with Crippen LogP contribution in [-0.4, -0.2) is 44.6 Å². The van der Waals surface area contributed by atoms with Gasteiger partial charge in [-0.1, -0.05) is 0 Å². The Kier molecular flexibility index (Phi) is 7.08. The molecule has 0 bridgehead atoms. The Bertz CT molecular complexity index is 251. The molecule has 0 aromatic rings. The first-order valence-electron chi connectivity index (χ1n) is 5.10. The Morgan fingerprint density at radius 3 is 2.40 bits per heavy atom. The third-order valence-corrected chi connectivity index (χ3v) is 3.21. The molecular weight excluding hydrogens is 218 g/mol. The van der Waals surface area contributed by atoms with Gasteiger partial charge in [0.1, 0.15) is 0 Å². The van der Waals surface area contributed by atoms with Crippen LogP contribution in [-0.2, 0) is 14.8 Å². The third-order valence-electron chi connectivity index (χ3n) is 1.75. The van der Waals surface area contributed by atoms with Gasteiger partial charge in [0.2, 0.25) is 10.0 Å². The number of nitrogens with one attached hydrogen (secondary N) is 1. The summed E-state index contributed by atoms with van der Waals surface area (Å²) in [6.07, 6.45) is 0.458. The van der Waals surface area contributed by atoms with Crippen molar-refractivity contribution in [3.63, 3.8) is 0 Å². The summed E-state index contributed by atoms with van der Waals surface area (Å²) in [4.78, 5) is 0. The van der Waals surface area contributed by atoms with Crippen LogP contribution in [0.3, 0.4) is 0 Å². The van der Waals surface area contributed by atoms with Crippen LogP contribution in [0, 0.1) is 0 Å². The molecule has 0 heterocycles. The van der Waals surface area contributed by atoms with Crippen molar-refractivity contribution in [3.05, 3.63) is 0 Å². The van der Waals surface area contributed by atoms with E-state index in [1.54, 1.807) is 6.92 Å². The predicted octanol–water partition coefficient (Wildman–Crippen LogP) is 0.102. The first-order valence-corrected chi connectivity index (χ1v) is 6.75. The van der Waals surface area contributed by atoms with E-state index in [4.69, 9.17) is 9.84 Å². The average molecular weight is 239 g/mol. The second-order valence-electron chi connectivity index (χ2n) is 3.77. The Hall–Kier alpha value is -0.170. The van der Waals surface area contributed by atoms with Crippen LogP contribution in [0.15, 0.2) is 0 Å². The highest BCUT2D eigenvalue weighted by Gasteiger charge is 2.13. The lowest BCUT2D eigenvalue weighted by molar-refractivity contribution is 0.0911. The van der Waals surface area contributed by atoms with Gasteiger partial charge in [0.05, 0.1) is 18.5 Å². The molecular formula is C9H21NO4S. The van der Waals surface area contributed by atoms with Crippen molar-refractivity contribution in [2.45, 2.75) is 39.3 Å². The van der Waals surface area contributed by atoms with E-state index in [2.05, 4.69) is 4.72 Å². The zero-order valence-corrected chi connectivity index (χ0v) is 10.4. The third kappa shape index (κ3) is 8.80. The SMILES string of the molecule is CC(CCO)NS(=O)(=O)CCOC(C)C. The van der Waals surface area contributed by atoms with Gasteiger partial charge in [-0.05, 0) is 27.2 Å². The molecule has 0 aromatic heterocycles. The maximum atomic E-state index is 11.4. The first kappa shape index (κ1) is 14.8. The normalized spacial score (nSPS) is 14.5. The minimum absolute atomic E-state index is 0.0216. The fraction of sp³-hybridized carbons (Fsp3) is 1.00. The topological polar surface area (TPSA) is 75.6 Å². The molecule has 15 heavy (non-hydrogen) atoms. The van der Waals surface area contributed by atoms with Crippen molar-refractivity contribution in [1.29, 1.82) is 0 Å². The van der Waals surface area contributed by atoms with Gasteiger partial charge in [-0.3, -0.25) is 0 Å². The lowest BCUT2D eigenvalue weighted by Crippen LogP contribution is -2.36. The molecule has 0 aliphatic heterocycles. The van der Waals surface area contributed by atoms with Gasteiger partial charge in [-0.25, -0.2) is 13.1 Å². The van der Waals surface area contributed by atoms with Gasteiger partial charge in [0.25, 0.3) is 0 Å². The molecule has 0 aromatic carbocycles. The molecule has 0 amide bonds. The van der Waals surface area contributed by atoms with Crippen molar-refractivity contribution < 1.29 is 18.3 Å². The maximum Gasteiger partial charge on any atom is 0.214 e. The van der Waals surface area contributed by atoms with Crippen LogP contribution in [0.1, 0.15) is 27.2 Å². The van der Waals surface area contributed by atoms with Crippen LogP contribution in [0.4, 0.5) is 0 Å². The van der Waals surface area contributed by atoms with Gasteiger partial charge in [0.15, 0.2) is 0 Å². The fourth-order valence-electron chi connectivity index (χ4n) is 1.01. The minimum Gasteiger partial charge on any atom is -0.396 e. The summed E-state index contributed by atoms with van der Waals surface area (Å²) in [5.41, 5.74) is 0. The zero-order valence-electron chi connectivity index (χ0n) is 9.56. The van der Waals surface area contributed by atoms with Gasteiger partial charge >= 0.3 is 0 Å². The second kappa shape index (κ2) is 7.16. The molecule has 0 rings (SSSR count). The number of sulfonamides is 1. The summed E-state index contributed by atoms with van der Waals surface area (Å²) in [5.74, 6) is -0.0407. The summed E-state index contributed by atoms with van der Waals surface area (Å²) in [6, 6.07) is -0.237. The highest BCUT2D eigenvalue weighted by molar-refractivity contribution is 7.89. The Labute approximate surface area is 91.9 Å². The lowest BCUT2D eigenvalue weighted by atomic mass is 10.3. The molecule has 92 valence electrons. The zero-order chi connectivity index (χ0) is 11.9. The van der Waals surface area contributed by atoms with Crippen LogP contribution < -0.4 is 4.72 Å². The maximum absolute atomic E-state index is 11.4. The molecule has 0 saturated carbocycles. The Morgan fingerprint density at radius 1 is 1.33 bits per heavy atom. The Morgan fingerprint density at radius 2 is 1.93 bits per heavy atom. The van der Waals surface area contributed by atoms with E-state index >= 15 is 0 Å². The molecule has 0 saturated heterocycles. The standard InChI is InChI=1S/C9H21NO4S/c1-8(2)14-6-7-15(12,13)10-9(3)4-5-11/h8-11H,4-7H2,1-3H3. The van der Waals surface area contributed by atoms with Gasteiger partial charge in [-0.15, -0.1) is 0 Å². The van der Waals surface area contributed by atoms with Gasteiger partial charge < -0.3 is 9.84 Å². The molecule has 6 heteroatoms. The summed E-state index contributed by atoms with van der Waals surface area (Å²) < 4.78 is 30.5. The van der Waals surface area contributed by atoms with Crippen molar-refractivity contribution in [3.8, 4) is 0 Å². The van der Waals surface area contributed by atoms with Crippen molar-refractivity contribution in [1.82, 2.24) is 4.72 Å². The van der Waals surface area contributed by atoms with E-state index in [1.165, 1.54) is 0 Å². The van der Waals surface area contributed by atoms with Crippen LogP contribution in [0.25, 0.3) is 0 Å². The summed E-state index contributed by atoms with van der Waals surface area (Å²) >= 11 is 0. The van der Waals surface area contributed by atoms with Crippen molar-refractivity contribution >= 4 is 10.0 Å².